The molecule has 0 atom stereocenters. The van der Waals surface area contributed by atoms with E-state index in [9.17, 15) is 0 Å². The molecule has 2 aromatic carbocycles. The molecule has 0 spiro atoms. The van der Waals surface area contributed by atoms with Crippen LogP contribution >= 0.6 is 0 Å². The Bertz CT molecular complexity index is 862. The number of fused-ring (bicyclic) bond motifs is 1. The Morgan fingerprint density at radius 1 is 1.05 bits per heavy atom. The molecule has 22 heavy (non-hydrogen) atoms. The van der Waals surface area contributed by atoms with Gasteiger partial charge in [0, 0.05) is 11.5 Å². The van der Waals surface area contributed by atoms with Crippen molar-refractivity contribution >= 4 is 17.0 Å². The number of nitrogens with zero attached hydrogens (tertiary/aromatic N) is 2. The fourth-order valence-corrected chi connectivity index (χ4v) is 2.19. The van der Waals surface area contributed by atoms with Gasteiger partial charge in [-0.25, -0.2) is 4.98 Å². The quantitative estimate of drug-likeness (QED) is 0.670. The molecular weight excluding hydrogens is 272 g/mol. The van der Waals surface area contributed by atoms with Crippen LogP contribution in [-0.2, 0) is 6.61 Å². The SMILES string of the molecule is N#C/C=C/c1cccc(OCc2ccc3ccccc3n2)c1. The zero-order valence-electron chi connectivity index (χ0n) is 11.9. The number of para-hydroxylation sites is 1. The number of hydrogen-bond acceptors (Lipinski definition) is 3. The second-order valence-electron chi connectivity index (χ2n) is 4.82. The van der Waals surface area contributed by atoms with Gasteiger partial charge in [-0.2, -0.15) is 5.26 Å². The Hall–Kier alpha value is -3.12. The second kappa shape index (κ2) is 6.55. The maximum Gasteiger partial charge on any atom is 0.130 e. The fourth-order valence-electron chi connectivity index (χ4n) is 2.19. The van der Waals surface area contributed by atoms with Gasteiger partial charge in [-0.05, 0) is 35.9 Å². The summed E-state index contributed by atoms with van der Waals surface area (Å²) >= 11 is 0. The van der Waals surface area contributed by atoms with E-state index in [0.29, 0.717) is 6.61 Å². The van der Waals surface area contributed by atoms with Crippen molar-refractivity contribution in [1.82, 2.24) is 4.98 Å². The molecule has 3 heteroatoms. The Morgan fingerprint density at radius 3 is 2.86 bits per heavy atom. The first-order chi connectivity index (χ1) is 10.8. The standard InChI is InChI=1S/C19H14N2O/c20-12-4-6-15-5-3-8-18(13-15)22-14-17-11-10-16-7-1-2-9-19(16)21-17/h1-11,13H,14H2/b6-4+. The predicted molar refractivity (Wildman–Crippen MR) is 87.2 cm³/mol. The van der Waals surface area contributed by atoms with Crippen molar-refractivity contribution in [3.63, 3.8) is 0 Å². The fraction of sp³-hybridized carbons (Fsp3) is 0.0526. The van der Waals surface area contributed by atoms with Crippen LogP contribution in [0.15, 0.2) is 66.7 Å². The molecule has 0 N–H and O–H groups in total. The van der Waals surface area contributed by atoms with E-state index in [4.69, 9.17) is 10.00 Å². The summed E-state index contributed by atoms with van der Waals surface area (Å²) in [5.41, 5.74) is 2.79. The number of allylic oxidation sites excluding steroid dienone is 1. The summed E-state index contributed by atoms with van der Waals surface area (Å²) in [5, 5.41) is 9.68. The zero-order valence-corrected chi connectivity index (χ0v) is 11.9. The molecule has 0 bridgehead atoms. The Morgan fingerprint density at radius 2 is 1.95 bits per heavy atom. The zero-order chi connectivity index (χ0) is 15.2. The minimum Gasteiger partial charge on any atom is -0.487 e. The van der Waals surface area contributed by atoms with Crippen LogP contribution in [0.25, 0.3) is 17.0 Å². The van der Waals surface area contributed by atoms with Crippen LogP contribution in [-0.4, -0.2) is 4.98 Å². The first-order valence-corrected chi connectivity index (χ1v) is 6.99. The monoisotopic (exact) mass is 286 g/mol. The second-order valence-corrected chi connectivity index (χ2v) is 4.82. The molecule has 3 aromatic rings. The minimum absolute atomic E-state index is 0.413. The van der Waals surface area contributed by atoms with Gasteiger partial charge >= 0.3 is 0 Å². The van der Waals surface area contributed by atoms with E-state index < -0.39 is 0 Å². The molecule has 3 rings (SSSR count). The third-order valence-electron chi connectivity index (χ3n) is 3.25. The lowest BCUT2D eigenvalue weighted by Gasteiger charge is -2.07. The number of pyridine rings is 1. The van der Waals surface area contributed by atoms with Crippen LogP contribution in [0.2, 0.25) is 0 Å². The van der Waals surface area contributed by atoms with Gasteiger partial charge in [0.2, 0.25) is 0 Å². The van der Waals surface area contributed by atoms with Crippen molar-refractivity contribution in [3.8, 4) is 11.8 Å². The summed E-state index contributed by atoms with van der Waals surface area (Å²) in [4.78, 5) is 4.58. The van der Waals surface area contributed by atoms with Crippen molar-refractivity contribution in [2.24, 2.45) is 0 Å². The van der Waals surface area contributed by atoms with Gasteiger partial charge in [-0.3, -0.25) is 0 Å². The summed E-state index contributed by atoms with van der Waals surface area (Å²) in [6, 6.07) is 21.6. The van der Waals surface area contributed by atoms with Crippen LogP contribution in [0.1, 0.15) is 11.3 Å². The first kappa shape index (κ1) is 13.8. The molecule has 0 unspecified atom stereocenters. The highest BCUT2D eigenvalue weighted by Gasteiger charge is 2.00. The van der Waals surface area contributed by atoms with Crippen molar-refractivity contribution in [3.05, 3.63) is 78.0 Å². The van der Waals surface area contributed by atoms with E-state index >= 15 is 0 Å². The lowest BCUT2D eigenvalue weighted by atomic mass is 10.2. The Labute approximate surface area is 129 Å². The molecule has 3 nitrogen and oxygen atoms in total. The maximum atomic E-state index is 8.56. The maximum absolute atomic E-state index is 8.56. The highest BCUT2D eigenvalue weighted by Crippen LogP contribution is 2.17. The van der Waals surface area contributed by atoms with Gasteiger partial charge in [-0.1, -0.05) is 36.4 Å². The molecule has 0 fully saturated rings. The van der Waals surface area contributed by atoms with Crippen molar-refractivity contribution in [2.45, 2.75) is 6.61 Å². The number of rotatable bonds is 4. The number of ether oxygens (including phenoxy) is 1. The highest BCUT2D eigenvalue weighted by atomic mass is 16.5. The summed E-state index contributed by atoms with van der Waals surface area (Å²) in [7, 11) is 0. The molecule has 0 aliphatic heterocycles. The molecule has 0 aliphatic rings. The van der Waals surface area contributed by atoms with Gasteiger partial charge in [0.05, 0.1) is 17.3 Å². The van der Waals surface area contributed by atoms with Gasteiger partial charge in [0.15, 0.2) is 0 Å². The third-order valence-corrected chi connectivity index (χ3v) is 3.25. The van der Waals surface area contributed by atoms with Gasteiger partial charge < -0.3 is 4.74 Å². The molecular formula is C19H14N2O. The normalized spacial score (nSPS) is 10.7. The van der Waals surface area contributed by atoms with Crippen LogP contribution in [0.4, 0.5) is 0 Å². The lowest BCUT2D eigenvalue weighted by molar-refractivity contribution is 0.302. The van der Waals surface area contributed by atoms with Crippen LogP contribution in [0.5, 0.6) is 5.75 Å². The predicted octanol–water partition coefficient (Wildman–Crippen LogP) is 4.35. The molecule has 1 aromatic heterocycles. The van der Waals surface area contributed by atoms with Crippen LogP contribution in [0, 0.1) is 11.3 Å². The van der Waals surface area contributed by atoms with E-state index in [0.717, 1.165) is 27.9 Å². The van der Waals surface area contributed by atoms with Crippen molar-refractivity contribution < 1.29 is 4.74 Å². The largest absolute Gasteiger partial charge is 0.487 e. The van der Waals surface area contributed by atoms with Gasteiger partial charge in [0.1, 0.15) is 12.4 Å². The topological polar surface area (TPSA) is 45.9 Å². The van der Waals surface area contributed by atoms with Crippen molar-refractivity contribution in [2.75, 3.05) is 0 Å². The van der Waals surface area contributed by atoms with Crippen molar-refractivity contribution in [1.29, 1.82) is 5.26 Å². The van der Waals surface area contributed by atoms with Gasteiger partial charge in [0.25, 0.3) is 0 Å². The average molecular weight is 286 g/mol. The molecule has 106 valence electrons. The number of nitriles is 1. The third kappa shape index (κ3) is 3.31. The summed E-state index contributed by atoms with van der Waals surface area (Å²) in [5.74, 6) is 0.759. The van der Waals surface area contributed by atoms with E-state index in [1.807, 2.05) is 66.7 Å². The van der Waals surface area contributed by atoms with E-state index in [2.05, 4.69) is 4.98 Å². The van der Waals surface area contributed by atoms with E-state index in [1.165, 1.54) is 6.08 Å². The summed E-state index contributed by atoms with van der Waals surface area (Å²) in [6.45, 7) is 0.413. The Kier molecular flexibility index (Phi) is 4.12. The minimum atomic E-state index is 0.413. The van der Waals surface area contributed by atoms with E-state index in [-0.39, 0.29) is 0 Å². The summed E-state index contributed by atoms with van der Waals surface area (Å²) in [6.07, 6.45) is 3.20. The van der Waals surface area contributed by atoms with Crippen LogP contribution < -0.4 is 4.74 Å². The molecule has 0 aliphatic carbocycles. The van der Waals surface area contributed by atoms with Crippen LogP contribution in [0.3, 0.4) is 0 Å². The van der Waals surface area contributed by atoms with E-state index in [1.54, 1.807) is 6.08 Å². The van der Waals surface area contributed by atoms with Gasteiger partial charge in [-0.15, -0.1) is 0 Å². The molecule has 0 amide bonds. The smallest absolute Gasteiger partial charge is 0.130 e. The molecule has 0 saturated carbocycles. The summed E-state index contributed by atoms with van der Waals surface area (Å²) < 4.78 is 5.78. The highest BCUT2D eigenvalue weighted by molar-refractivity contribution is 5.78. The average Bonchev–Trinajstić information content (AvgIpc) is 2.58. The molecule has 1 heterocycles. The number of benzene rings is 2. The lowest BCUT2D eigenvalue weighted by Crippen LogP contribution is -1.98. The molecule has 0 radical (unpaired) electrons. The Balaban J connectivity index is 1.73. The number of aromatic nitrogens is 1. The first-order valence-electron chi connectivity index (χ1n) is 6.99. The molecule has 0 saturated heterocycles. The number of hydrogen-bond donors (Lipinski definition) is 0.